The summed E-state index contributed by atoms with van der Waals surface area (Å²) in [6, 6.07) is 13.9. The summed E-state index contributed by atoms with van der Waals surface area (Å²) >= 11 is 6.39. The number of nitrogens with one attached hydrogen (secondary N) is 3. The van der Waals surface area contributed by atoms with Crippen molar-refractivity contribution in [1.82, 2.24) is 14.9 Å². The Balaban J connectivity index is 1.29. The number of hydrogen-bond donors (Lipinski definition) is 4. The summed E-state index contributed by atoms with van der Waals surface area (Å²) < 4.78 is 12.8. The minimum absolute atomic E-state index is 0.340. The first-order chi connectivity index (χ1) is 18.6. The fourth-order valence-electron chi connectivity index (χ4n) is 5.73. The largest absolute Gasteiger partial charge is 0.370 e. The molecule has 9 nitrogen and oxygen atoms in total. The Hall–Kier alpha value is -2.84. The quantitative estimate of drug-likeness (QED) is 0.193. The molecule has 2 fully saturated rings. The van der Waals surface area contributed by atoms with E-state index in [1.165, 1.54) is 31.9 Å². The number of hydrogen-bond acceptors (Lipinski definition) is 9. The molecule has 0 amide bonds. The van der Waals surface area contributed by atoms with Crippen LogP contribution in [0.1, 0.15) is 25.7 Å². The summed E-state index contributed by atoms with van der Waals surface area (Å²) in [7, 11) is 1.83. The van der Waals surface area contributed by atoms with Crippen LogP contribution in [-0.4, -0.2) is 66.6 Å². The van der Waals surface area contributed by atoms with Crippen LogP contribution in [0.3, 0.4) is 0 Å². The Bertz CT molecular complexity index is 1380. The molecular weight excluding hydrogens is 533 g/mol. The number of anilines is 6. The van der Waals surface area contributed by atoms with Gasteiger partial charge in [0.15, 0.2) is 5.82 Å². The highest BCUT2D eigenvalue weighted by molar-refractivity contribution is 7.70. The van der Waals surface area contributed by atoms with E-state index in [-0.39, 0.29) is 0 Å². The van der Waals surface area contributed by atoms with Crippen molar-refractivity contribution < 1.29 is 9.77 Å². The third-order valence-electron chi connectivity index (χ3n) is 8.09. The normalized spacial score (nSPS) is 17.3. The molecule has 1 aliphatic carbocycles. The van der Waals surface area contributed by atoms with E-state index in [4.69, 9.17) is 11.6 Å². The van der Waals surface area contributed by atoms with E-state index in [2.05, 4.69) is 50.0 Å². The van der Waals surface area contributed by atoms with Crippen LogP contribution in [-0.2, 0) is 4.57 Å². The van der Waals surface area contributed by atoms with E-state index in [1.807, 2.05) is 42.5 Å². The number of para-hydroxylation sites is 1. The van der Waals surface area contributed by atoms with Gasteiger partial charge in [0.2, 0.25) is 5.95 Å². The van der Waals surface area contributed by atoms with Crippen molar-refractivity contribution in [3.05, 3.63) is 53.7 Å². The second-order valence-corrected chi connectivity index (χ2v) is 15.0. The molecular formula is C28H37ClN7O2P. The molecule has 0 unspecified atom stereocenters. The predicted molar refractivity (Wildman–Crippen MR) is 162 cm³/mol. The first-order valence-corrected chi connectivity index (χ1v) is 16.2. The van der Waals surface area contributed by atoms with Gasteiger partial charge >= 0.3 is 0 Å². The Morgan fingerprint density at radius 2 is 1.79 bits per heavy atom. The maximum atomic E-state index is 12.8. The Labute approximate surface area is 235 Å². The Morgan fingerprint density at radius 3 is 2.46 bits per heavy atom. The topological polar surface area (TPSA) is 106 Å². The Morgan fingerprint density at radius 1 is 1.08 bits per heavy atom. The molecule has 2 aliphatic rings. The predicted octanol–water partition coefficient (Wildman–Crippen LogP) is 5.98. The fourth-order valence-corrected chi connectivity index (χ4v) is 7.03. The van der Waals surface area contributed by atoms with Crippen LogP contribution in [0, 0.1) is 5.41 Å². The van der Waals surface area contributed by atoms with Crippen LogP contribution in [0.2, 0.25) is 5.02 Å². The monoisotopic (exact) mass is 569 g/mol. The Kier molecular flexibility index (Phi) is 7.80. The molecule has 0 radical (unpaired) electrons. The van der Waals surface area contributed by atoms with Gasteiger partial charge < -0.3 is 25.0 Å². The lowest BCUT2D eigenvalue weighted by atomic mass is 9.60. The zero-order valence-corrected chi connectivity index (χ0v) is 24.6. The summed E-state index contributed by atoms with van der Waals surface area (Å²) in [4.78, 5) is 13.6. The van der Waals surface area contributed by atoms with Gasteiger partial charge in [0.1, 0.15) is 12.2 Å². The minimum atomic E-state index is -2.51. The van der Waals surface area contributed by atoms with Gasteiger partial charge in [-0.3, -0.25) is 10.7 Å². The van der Waals surface area contributed by atoms with Crippen molar-refractivity contribution in [3.8, 4) is 0 Å². The SMILES string of the molecule is CN(C)C1CC2(CCN(c3ccc(Nc4ncc(Cl)c(Nc5ccccc5P(C)(C)=O)n4)cc3NO)CC2)C1. The summed E-state index contributed by atoms with van der Waals surface area (Å²) in [6.45, 7) is 5.41. The van der Waals surface area contributed by atoms with Crippen molar-refractivity contribution in [2.45, 2.75) is 31.7 Å². The molecule has 208 valence electrons. The van der Waals surface area contributed by atoms with Crippen LogP contribution in [0.15, 0.2) is 48.7 Å². The van der Waals surface area contributed by atoms with E-state index in [0.717, 1.165) is 29.8 Å². The second kappa shape index (κ2) is 11.0. The smallest absolute Gasteiger partial charge is 0.229 e. The van der Waals surface area contributed by atoms with Crippen molar-refractivity contribution in [2.75, 3.05) is 61.5 Å². The fraction of sp³-hybridized carbons (Fsp3) is 0.429. The molecule has 0 bridgehead atoms. The molecule has 5 rings (SSSR count). The lowest BCUT2D eigenvalue weighted by Gasteiger charge is -2.54. The van der Waals surface area contributed by atoms with Gasteiger partial charge in [0.25, 0.3) is 0 Å². The maximum absolute atomic E-state index is 12.8. The number of piperidine rings is 1. The van der Waals surface area contributed by atoms with Gasteiger partial charge in [0, 0.05) is 30.1 Å². The highest BCUT2D eigenvalue weighted by Gasteiger charge is 2.46. The van der Waals surface area contributed by atoms with E-state index >= 15 is 0 Å². The molecule has 1 aromatic heterocycles. The average molecular weight is 570 g/mol. The van der Waals surface area contributed by atoms with E-state index in [1.54, 1.807) is 13.3 Å². The van der Waals surface area contributed by atoms with E-state index in [0.29, 0.717) is 39.6 Å². The molecule has 2 aromatic carbocycles. The summed E-state index contributed by atoms with van der Waals surface area (Å²) in [5.74, 6) is 0.745. The van der Waals surface area contributed by atoms with Crippen molar-refractivity contribution in [2.24, 2.45) is 5.41 Å². The molecule has 11 heteroatoms. The van der Waals surface area contributed by atoms with Crippen molar-refractivity contribution in [3.63, 3.8) is 0 Å². The van der Waals surface area contributed by atoms with Gasteiger partial charge in [-0.05, 0) is 88.9 Å². The first-order valence-electron chi connectivity index (χ1n) is 13.2. The van der Waals surface area contributed by atoms with Gasteiger partial charge in [-0.1, -0.05) is 23.7 Å². The molecule has 3 aromatic rings. The summed E-state index contributed by atoms with van der Waals surface area (Å²) in [6.07, 6.45) is 6.42. The zero-order valence-electron chi connectivity index (χ0n) is 22.9. The molecule has 1 saturated heterocycles. The number of benzene rings is 2. The molecule has 1 saturated carbocycles. The molecule has 1 aliphatic heterocycles. The third-order valence-corrected chi connectivity index (χ3v) is 9.91. The van der Waals surface area contributed by atoms with Crippen LogP contribution in [0.5, 0.6) is 0 Å². The average Bonchev–Trinajstić information content (AvgIpc) is 2.89. The standard InChI is InChI=1S/C28H37ClN7O2P/c1-35(2)20-16-28(17-20)11-13-36(14-12-28)24-10-9-19(15-23(24)34-37)31-27-30-18-21(29)26(33-27)32-22-7-5-6-8-25(22)39(3,4)38/h5-10,15,18,20,34,37H,11-14,16-17H2,1-4H3,(H2,30,31,32,33). The molecule has 1 spiro atoms. The zero-order chi connectivity index (χ0) is 27.8. The summed E-state index contributed by atoms with van der Waals surface area (Å²) in [5.41, 5.74) is 5.86. The summed E-state index contributed by atoms with van der Waals surface area (Å²) in [5, 5.41) is 17.4. The van der Waals surface area contributed by atoms with Crippen LogP contribution < -0.4 is 26.3 Å². The minimum Gasteiger partial charge on any atom is -0.370 e. The maximum Gasteiger partial charge on any atom is 0.229 e. The third kappa shape index (κ3) is 6.02. The van der Waals surface area contributed by atoms with Gasteiger partial charge in [-0.15, -0.1) is 0 Å². The van der Waals surface area contributed by atoms with Crippen LogP contribution >= 0.6 is 18.7 Å². The highest BCUT2D eigenvalue weighted by Crippen LogP contribution is 2.51. The van der Waals surface area contributed by atoms with Gasteiger partial charge in [0.05, 0.1) is 23.3 Å². The first kappa shape index (κ1) is 27.7. The van der Waals surface area contributed by atoms with Crippen molar-refractivity contribution in [1.29, 1.82) is 0 Å². The lowest BCUT2D eigenvalue weighted by Crippen LogP contribution is -2.53. The number of halogens is 1. The second-order valence-electron chi connectivity index (χ2n) is 11.4. The lowest BCUT2D eigenvalue weighted by molar-refractivity contribution is 0.00491. The van der Waals surface area contributed by atoms with E-state index in [9.17, 15) is 9.77 Å². The molecule has 39 heavy (non-hydrogen) atoms. The van der Waals surface area contributed by atoms with Gasteiger partial charge in [-0.25, -0.2) is 4.98 Å². The van der Waals surface area contributed by atoms with Gasteiger partial charge in [-0.2, -0.15) is 4.98 Å². The highest BCUT2D eigenvalue weighted by atomic mass is 35.5. The van der Waals surface area contributed by atoms with Crippen molar-refractivity contribution >= 4 is 58.6 Å². The number of nitrogens with zero attached hydrogens (tertiary/aromatic N) is 4. The number of rotatable bonds is 8. The molecule has 4 N–H and O–H groups in total. The molecule has 2 heterocycles. The number of aromatic nitrogens is 2. The molecule has 0 atom stereocenters. The van der Waals surface area contributed by atoms with Crippen LogP contribution in [0.25, 0.3) is 0 Å². The van der Waals surface area contributed by atoms with E-state index < -0.39 is 7.14 Å². The van der Waals surface area contributed by atoms with Crippen LogP contribution in [0.4, 0.5) is 34.5 Å².